The minimum absolute atomic E-state index is 0.294. The Morgan fingerprint density at radius 1 is 1.30 bits per heavy atom. The zero-order chi connectivity index (χ0) is 19.8. The van der Waals surface area contributed by atoms with Crippen LogP contribution in [0.3, 0.4) is 0 Å². The number of hydrogen-bond acceptors (Lipinski definition) is 3. The van der Waals surface area contributed by atoms with Crippen molar-refractivity contribution in [2.45, 2.75) is 45.6 Å². The number of aliphatic imine (C=N–C) groups is 1. The molecular weight excluding hydrogens is 340 g/mol. The van der Waals surface area contributed by atoms with E-state index in [4.69, 9.17) is 0 Å². The molecule has 1 aliphatic carbocycles. The molecule has 1 atom stereocenters. The summed E-state index contributed by atoms with van der Waals surface area (Å²) >= 11 is 0. The summed E-state index contributed by atoms with van der Waals surface area (Å²) in [6.45, 7) is 8.97. The first-order chi connectivity index (χ1) is 12.7. The summed E-state index contributed by atoms with van der Waals surface area (Å²) in [6, 6.07) is 6.96. The number of nitrogens with zero attached hydrogens (tertiary/aromatic N) is 3. The zero-order valence-electron chi connectivity index (χ0n) is 16.3. The summed E-state index contributed by atoms with van der Waals surface area (Å²) in [6.07, 6.45) is 4.09. The van der Waals surface area contributed by atoms with Gasteiger partial charge in [0.25, 0.3) is 11.8 Å². The van der Waals surface area contributed by atoms with Crippen molar-refractivity contribution in [2.24, 2.45) is 17.5 Å². The molecule has 1 aromatic carbocycles. The first-order valence-corrected chi connectivity index (χ1v) is 9.16. The lowest BCUT2D eigenvalue weighted by molar-refractivity contribution is -0.121. The van der Waals surface area contributed by atoms with E-state index in [-0.39, 0.29) is 5.91 Å². The third-order valence-electron chi connectivity index (χ3n) is 4.97. The summed E-state index contributed by atoms with van der Waals surface area (Å²) in [5.41, 5.74) is 3.29. The lowest BCUT2D eigenvalue weighted by Gasteiger charge is -2.28. The van der Waals surface area contributed by atoms with Crippen molar-refractivity contribution in [1.29, 1.82) is 0 Å². The fourth-order valence-corrected chi connectivity index (χ4v) is 3.26. The van der Waals surface area contributed by atoms with Crippen molar-refractivity contribution >= 4 is 18.5 Å². The van der Waals surface area contributed by atoms with Gasteiger partial charge in [0.15, 0.2) is 0 Å². The number of carbonyl (C=O) groups excluding carboxylic acids is 2. The van der Waals surface area contributed by atoms with Gasteiger partial charge in [-0.3, -0.25) is 14.3 Å². The van der Waals surface area contributed by atoms with Crippen LogP contribution in [0.15, 0.2) is 35.5 Å². The fourth-order valence-electron chi connectivity index (χ4n) is 3.26. The average Bonchev–Trinajstić information content (AvgIpc) is 3.38. The van der Waals surface area contributed by atoms with Gasteiger partial charge in [0.1, 0.15) is 6.04 Å². The van der Waals surface area contributed by atoms with E-state index >= 15 is 0 Å². The molecule has 3 rings (SSSR count). The summed E-state index contributed by atoms with van der Waals surface area (Å²) in [7, 11) is 1.89. The highest BCUT2D eigenvalue weighted by Crippen LogP contribution is 2.44. The molecule has 6 nitrogen and oxygen atoms in total. The summed E-state index contributed by atoms with van der Waals surface area (Å²) in [5, 5.41) is 7.09. The van der Waals surface area contributed by atoms with Crippen molar-refractivity contribution in [3.8, 4) is 11.3 Å². The second-order valence-electron chi connectivity index (χ2n) is 8.19. The Bertz CT molecular complexity index is 888. The lowest BCUT2D eigenvalue weighted by atomic mass is 9.86. The van der Waals surface area contributed by atoms with E-state index < -0.39 is 17.4 Å². The van der Waals surface area contributed by atoms with Crippen LogP contribution in [0.4, 0.5) is 0 Å². The van der Waals surface area contributed by atoms with Gasteiger partial charge in [-0.1, -0.05) is 26.8 Å². The van der Waals surface area contributed by atoms with Crippen molar-refractivity contribution in [3.63, 3.8) is 0 Å². The van der Waals surface area contributed by atoms with E-state index in [0.29, 0.717) is 11.5 Å². The quantitative estimate of drug-likeness (QED) is 0.825. The van der Waals surface area contributed by atoms with Gasteiger partial charge in [0.05, 0.1) is 5.69 Å². The van der Waals surface area contributed by atoms with Crippen LogP contribution in [0.25, 0.3) is 11.3 Å². The van der Waals surface area contributed by atoms with Gasteiger partial charge in [0, 0.05) is 24.4 Å². The van der Waals surface area contributed by atoms with Crippen LogP contribution in [0, 0.1) is 5.41 Å². The van der Waals surface area contributed by atoms with Crippen molar-refractivity contribution < 1.29 is 9.59 Å². The Labute approximate surface area is 159 Å². The zero-order valence-corrected chi connectivity index (χ0v) is 16.3. The van der Waals surface area contributed by atoms with E-state index in [9.17, 15) is 9.59 Å². The Balaban J connectivity index is 1.95. The Morgan fingerprint density at radius 3 is 2.52 bits per heavy atom. The number of amides is 2. The number of nitrogens with one attached hydrogen (secondary N) is 1. The molecular formula is C21H26N4O2. The molecule has 1 saturated carbocycles. The lowest BCUT2D eigenvalue weighted by Crippen LogP contribution is -2.48. The first-order valence-electron chi connectivity index (χ1n) is 9.16. The minimum atomic E-state index is -0.731. The number of aromatic nitrogens is 2. The molecule has 2 aromatic rings. The van der Waals surface area contributed by atoms with Crippen molar-refractivity contribution in [3.05, 3.63) is 41.6 Å². The first kappa shape index (κ1) is 19.0. The molecule has 1 fully saturated rings. The smallest absolute Gasteiger partial charge is 0.268 e. The second kappa shape index (κ2) is 7.10. The number of rotatable bonds is 5. The molecule has 1 aromatic heterocycles. The highest BCUT2D eigenvalue weighted by molar-refractivity contribution is 5.99. The van der Waals surface area contributed by atoms with Gasteiger partial charge in [-0.15, -0.1) is 0 Å². The molecule has 0 unspecified atom stereocenters. The van der Waals surface area contributed by atoms with Gasteiger partial charge in [-0.05, 0) is 54.7 Å². The Hall–Kier alpha value is -2.76. The van der Waals surface area contributed by atoms with Gasteiger partial charge >= 0.3 is 0 Å². The molecule has 6 heteroatoms. The standard InChI is InChI=1S/C21H26N4O2/c1-21(2,3)18(20(27)22-4)24-19(26)14-8-9-15(13-6-7-13)16(12-14)17-10-11-23-25(17)5/h8-13,18H,4,6-7H2,1-3,5H3,(H,24,26)/t18-/m1/s1. The molecule has 0 aliphatic heterocycles. The van der Waals surface area contributed by atoms with Crippen LogP contribution in [-0.4, -0.2) is 34.4 Å². The number of aryl methyl sites for hydroxylation is 1. The molecule has 0 bridgehead atoms. The molecule has 0 spiro atoms. The Kier molecular flexibility index (Phi) is 5.00. The van der Waals surface area contributed by atoms with Gasteiger partial charge in [0.2, 0.25) is 0 Å². The van der Waals surface area contributed by atoms with Gasteiger partial charge < -0.3 is 5.32 Å². The number of benzene rings is 1. The summed E-state index contributed by atoms with van der Waals surface area (Å²) in [5.74, 6) is -0.184. The number of carbonyl (C=O) groups is 2. The van der Waals surface area contributed by atoms with E-state index in [1.165, 1.54) is 18.4 Å². The predicted molar refractivity (Wildman–Crippen MR) is 106 cm³/mol. The molecule has 0 saturated heterocycles. The average molecular weight is 366 g/mol. The van der Waals surface area contributed by atoms with E-state index in [0.717, 1.165) is 11.3 Å². The maximum Gasteiger partial charge on any atom is 0.268 e. The van der Waals surface area contributed by atoms with E-state index in [1.807, 2.05) is 56.8 Å². The molecule has 2 amide bonds. The predicted octanol–water partition coefficient (Wildman–Crippen LogP) is 3.34. The maximum atomic E-state index is 12.9. The highest BCUT2D eigenvalue weighted by atomic mass is 16.2. The van der Waals surface area contributed by atoms with Crippen LogP contribution >= 0.6 is 0 Å². The fraction of sp³-hybridized carbons (Fsp3) is 0.429. The second-order valence-corrected chi connectivity index (χ2v) is 8.19. The monoisotopic (exact) mass is 366 g/mol. The molecule has 1 aliphatic rings. The van der Waals surface area contributed by atoms with E-state index in [1.54, 1.807) is 6.20 Å². The largest absolute Gasteiger partial charge is 0.340 e. The normalized spacial score (nSPS) is 15.3. The summed E-state index contributed by atoms with van der Waals surface area (Å²) in [4.78, 5) is 28.5. The van der Waals surface area contributed by atoms with Crippen LogP contribution < -0.4 is 5.32 Å². The van der Waals surface area contributed by atoms with Gasteiger partial charge in [-0.2, -0.15) is 5.10 Å². The minimum Gasteiger partial charge on any atom is -0.340 e. The van der Waals surface area contributed by atoms with Crippen molar-refractivity contribution in [2.75, 3.05) is 0 Å². The van der Waals surface area contributed by atoms with Crippen LogP contribution in [0.2, 0.25) is 0 Å². The third kappa shape index (κ3) is 3.99. The van der Waals surface area contributed by atoms with Crippen LogP contribution in [0.5, 0.6) is 0 Å². The molecule has 142 valence electrons. The molecule has 1 heterocycles. The van der Waals surface area contributed by atoms with Crippen molar-refractivity contribution in [1.82, 2.24) is 15.1 Å². The van der Waals surface area contributed by atoms with Crippen LogP contribution in [0.1, 0.15) is 55.5 Å². The highest BCUT2D eigenvalue weighted by Gasteiger charge is 2.33. The molecule has 27 heavy (non-hydrogen) atoms. The third-order valence-corrected chi connectivity index (χ3v) is 4.97. The SMILES string of the molecule is C=NC(=O)[C@@H](NC(=O)c1ccc(C2CC2)c(-c2ccnn2C)c1)C(C)(C)C. The summed E-state index contributed by atoms with van der Waals surface area (Å²) < 4.78 is 1.81. The Morgan fingerprint density at radius 2 is 2.00 bits per heavy atom. The molecule has 0 radical (unpaired) electrons. The van der Waals surface area contributed by atoms with Crippen LogP contribution in [-0.2, 0) is 11.8 Å². The maximum absolute atomic E-state index is 12.9. The topological polar surface area (TPSA) is 76.3 Å². The van der Waals surface area contributed by atoms with E-state index in [2.05, 4.69) is 22.1 Å². The molecule has 1 N–H and O–H groups in total. The van der Waals surface area contributed by atoms with Gasteiger partial charge in [-0.25, -0.2) is 4.99 Å². The number of hydrogen-bond donors (Lipinski definition) is 1.